The molecule has 11 heavy (non-hydrogen) atoms. The van der Waals surface area contributed by atoms with Crippen LogP contribution >= 0.6 is 0 Å². The van der Waals surface area contributed by atoms with E-state index in [9.17, 15) is 4.79 Å². The topological polar surface area (TPSA) is 56.0 Å². The molecule has 1 rings (SSSR count). The molecule has 0 aliphatic heterocycles. The molecule has 0 saturated carbocycles. The van der Waals surface area contributed by atoms with Crippen LogP contribution in [0.3, 0.4) is 0 Å². The number of nitrogens with zero attached hydrogens (tertiary/aromatic N) is 1. The van der Waals surface area contributed by atoms with Crippen molar-refractivity contribution < 1.29 is 4.79 Å². The summed E-state index contributed by atoms with van der Waals surface area (Å²) in [7, 11) is 0. The molecule has 1 aromatic rings. The molecule has 0 radical (unpaired) electrons. The van der Waals surface area contributed by atoms with Gasteiger partial charge in [0.25, 0.3) is 0 Å². The summed E-state index contributed by atoms with van der Waals surface area (Å²) >= 11 is 0. The van der Waals surface area contributed by atoms with Crippen LogP contribution in [-0.4, -0.2) is 11.3 Å². The van der Waals surface area contributed by atoms with Gasteiger partial charge in [-0.2, -0.15) is 0 Å². The molecule has 0 amide bonds. The number of carbonyl (C=O) groups is 1. The van der Waals surface area contributed by atoms with Crippen LogP contribution in [0.15, 0.2) is 30.6 Å². The van der Waals surface area contributed by atoms with E-state index in [4.69, 9.17) is 5.73 Å². The quantitative estimate of drug-likeness (QED) is 0.493. The Hall–Kier alpha value is -1.64. The lowest BCUT2D eigenvalue weighted by Crippen LogP contribution is -1.96. The van der Waals surface area contributed by atoms with E-state index in [2.05, 4.69) is 4.98 Å². The molecule has 1 heterocycles. The summed E-state index contributed by atoms with van der Waals surface area (Å²) in [6, 6.07) is 3.56. The van der Waals surface area contributed by atoms with Crippen molar-refractivity contribution in [1.82, 2.24) is 4.98 Å². The Labute approximate surface area is 64.6 Å². The van der Waals surface area contributed by atoms with Crippen LogP contribution in [0.25, 0.3) is 5.70 Å². The van der Waals surface area contributed by atoms with Crippen molar-refractivity contribution in [3.8, 4) is 0 Å². The Morgan fingerprint density at radius 1 is 1.64 bits per heavy atom. The second kappa shape index (κ2) is 3.51. The van der Waals surface area contributed by atoms with Gasteiger partial charge in [0, 0.05) is 29.7 Å². The first-order chi connectivity index (χ1) is 5.34. The van der Waals surface area contributed by atoms with Crippen LogP contribution in [-0.2, 0) is 4.79 Å². The van der Waals surface area contributed by atoms with Gasteiger partial charge in [-0.15, -0.1) is 0 Å². The van der Waals surface area contributed by atoms with Gasteiger partial charge in [0.1, 0.15) is 6.29 Å². The summed E-state index contributed by atoms with van der Waals surface area (Å²) in [4.78, 5) is 13.9. The van der Waals surface area contributed by atoms with Gasteiger partial charge < -0.3 is 5.73 Å². The van der Waals surface area contributed by atoms with Crippen molar-refractivity contribution in [2.24, 2.45) is 5.73 Å². The molecule has 0 atom stereocenters. The number of rotatable bonds is 2. The van der Waals surface area contributed by atoms with Gasteiger partial charge in [0.2, 0.25) is 0 Å². The molecule has 1 aromatic heterocycles. The van der Waals surface area contributed by atoms with Crippen LogP contribution in [0.1, 0.15) is 5.56 Å². The SMILES string of the molecule is N/C(=C\C=O)c1cccnc1. The maximum Gasteiger partial charge on any atom is 0.144 e. The van der Waals surface area contributed by atoms with Crippen LogP contribution in [0, 0.1) is 0 Å². The number of aldehydes is 1. The molecular weight excluding hydrogens is 140 g/mol. The number of allylic oxidation sites excluding steroid dienone is 1. The summed E-state index contributed by atoms with van der Waals surface area (Å²) in [5, 5.41) is 0. The molecule has 56 valence electrons. The highest BCUT2D eigenvalue weighted by molar-refractivity contribution is 5.79. The van der Waals surface area contributed by atoms with Gasteiger partial charge in [-0.05, 0) is 12.1 Å². The van der Waals surface area contributed by atoms with Crippen molar-refractivity contribution in [3.63, 3.8) is 0 Å². The number of nitrogens with two attached hydrogens (primary N) is 1. The van der Waals surface area contributed by atoms with Crippen molar-refractivity contribution in [2.75, 3.05) is 0 Å². The van der Waals surface area contributed by atoms with Crippen molar-refractivity contribution in [1.29, 1.82) is 0 Å². The second-order valence-electron chi connectivity index (χ2n) is 2.00. The molecule has 0 unspecified atom stereocenters. The van der Waals surface area contributed by atoms with Crippen LogP contribution in [0.4, 0.5) is 0 Å². The first kappa shape index (κ1) is 7.47. The van der Waals surface area contributed by atoms with E-state index < -0.39 is 0 Å². The van der Waals surface area contributed by atoms with Gasteiger partial charge >= 0.3 is 0 Å². The Balaban J connectivity index is 2.94. The summed E-state index contributed by atoms with van der Waals surface area (Å²) in [6.07, 6.45) is 5.21. The molecule has 0 bridgehead atoms. The molecule has 2 N–H and O–H groups in total. The third-order valence-corrected chi connectivity index (χ3v) is 1.24. The Bertz CT molecular complexity index is 267. The molecule has 0 aliphatic carbocycles. The molecular formula is C8H8N2O. The van der Waals surface area contributed by atoms with E-state index >= 15 is 0 Å². The first-order valence-electron chi connectivity index (χ1n) is 3.16. The molecule has 0 saturated heterocycles. The lowest BCUT2D eigenvalue weighted by Gasteiger charge is -1.96. The normalized spacial score (nSPS) is 11.1. The number of aromatic nitrogens is 1. The highest BCUT2D eigenvalue weighted by Gasteiger charge is 1.92. The number of pyridine rings is 1. The molecule has 0 spiro atoms. The number of hydrogen-bond acceptors (Lipinski definition) is 3. The van der Waals surface area contributed by atoms with Gasteiger partial charge in [-0.3, -0.25) is 9.78 Å². The monoisotopic (exact) mass is 148 g/mol. The van der Waals surface area contributed by atoms with E-state index in [0.717, 1.165) is 5.56 Å². The third-order valence-electron chi connectivity index (χ3n) is 1.24. The zero-order valence-electron chi connectivity index (χ0n) is 5.90. The maximum atomic E-state index is 10.0. The number of carbonyl (C=O) groups excluding carboxylic acids is 1. The first-order valence-corrected chi connectivity index (χ1v) is 3.16. The average molecular weight is 148 g/mol. The van der Waals surface area contributed by atoms with Crippen LogP contribution in [0.2, 0.25) is 0 Å². The Kier molecular flexibility index (Phi) is 2.38. The van der Waals surface area contributed by atoms with E-state index in [-0.39, 0.29) is 0 Å². The molecule has 0 aromatic carbocycles. The highest BCUT2D eigenvalue weighted by Crippen LogP contribution is 2.03. The van der Waals surface area contributed by atoms with E-state index in [1.807, 2.05) is 0 Å². The summed E-state index contributed by atoms with van der Waals surface area (Å²) < 4.78 is 0. The van der Waals surface area contributed by atoms with Gasteiger partial charge in [-0.25, -0.2) is 0 Å². The third kappa shape index (κ3) is 1.89. The summed E-state index contributed by atoms with van der Waals surface area (Å²) in [5.74, 6) is 0. The minimum absolute atomic E-state index is 0.438. The minimum Gasteiger partial charge on any atom is -0.398 e. The van der Waals surface area contributed by atoms with Gasteiger partial charge in [0.15, 0.2) is 0 Å². The fraction of sp³-hybridized carbons (Fsp3) is 0. The van der Waals surface area contributed by atoms with E-state index in [0.29, 0.717) is 12.0 Å². The summed E-state index contributed by atoms with van der Waals surface area (Å²) in [5.41, 5.74) is 6.70. The fourth-order valence-corrected chi connectivity index (χ4v) is 0.703. The molecule has 3 heteroatoms. The maximum absolute atomic E-state index is 10.0. The van der Waals surface area contributed by atoms with Crippen LogP contribution in [0.5, 0.6) is 0 Å². The molecule has 3 nitrogen and oxygen atoms in total. The minimum atomic E-state index is 0.438. The molecule has 0 fully saturated rings. The van der Waals surface area contributed by atoms with Crippen molar-refractivity contribution >= 4 is 12.0 Å². The zero-order chi connectivity index (χ0) is 8.10. The van der Waals surface area contributed by atoms with Crippen molar-refractivity contribution in [3.05, 3.63) is 36.2 Å². The standard InChI is InChI=1S/C8H8N2O/c9-8(3-5-11)7-2-1-4-10-6-7/h1-6H,9H2/b8-3-. The predicted molar refractivity (Wildman–Crippen MR) is 42.5 cm³/mol. The van der Waals surface area contributed by atoms with Gasteiger partial charge in [0.05, 0.1) is 0 Å². The lowest BCUT2D eigenvalue weighted by atomic mass is 10.2. The average Bonchev–Trinajstić information content (AvgIpc) is 2.07. The summed E-state index contributed by atoms with van der Waals surface area (Å²) in [6.45, 7) is 0. The second-order valence-corrected chi connectivity index (χ2v) is 2.00. The number of hydrogen-bond donors (Lipinski definition) is 1. The van der Waals surface area contributed by atoms with Crippen LogP contribution < -0.4 is 5.73 Å². The zero-order valence-corrected chi connectivity index (χ0v) is 5.90. The Morgan fingerprint density at radius 3 is 3.00 bits per heavy atom. The Morgan fingerprint density at radius 2 is 2.45 bits per heavy atom. The molecule has 0 aliphatic rings. The fourth-order valence-electron chi connectivity index (χ4n) is 0.703. The predicted octanol–water partition coefficient (Wildman–Crippen LogP) is 0.580. The largest absolute Gasteiger partial charge is 0.398 e. The van der Waals surface area contributed by atoms with Crippen molar-refractivity contribution in [2.45, 2.75) is 0 Å². The highest BCUT2D eigenvalue weighted by atomic mass is 16.1. The van der Waals surface area contributed by atoms with Gasteiger partial charge in [-0.1, -0.05) is 0 Å². The lowest BCUT2D eigenvalue weighted by molar-refractivity contribution is -0.104. The van der Waals surface area contributed by atoms with E-state index in [1.165, 1.54) is 6.08 Å². The van der Waals surface area contributed by atoms with E-state index in [1.54, 1.807) is 24.5 Å². The smallest absolute Gasteiger partial charge is 0.144 e.